The summed E-state index contributed by atoms with van der Waals surface area (Å²) in [6.07, 6.45) is 4.61. The number of amides is 1. The smallest absolute Gasteiger partial charge is 0.387 e. The minimum absolute atomic E-state index is 0.0847. The van der Waals surface area contributed by atoms with Crippen LogP contribution in [0.5, 0.6) is 11.5 Å². The van der Waals surface area contributed by atoms with Crippen LogP contribution >= 0.6 is 0 Å². The quantitative estimate of drug-likeness (QED) is 0.607. The van der Waals surface area contributed by atoms with Crippen molar-refractivity contribution in [2.75, 3.05) is 26.0 Å². The number of carbonyl (C=O) groups is 1. The molecule has 29 heavy (non-hydrogen) atoms. The lowest BCUT2D eigenvalue weighted by atomic mass is 10.1. The van der Waals surface area contributed by atoms with Crippen LogP contribution in [-0.4, -0.2) is 57.8 Å². The zero-order valence-corrected chi connectivity index (χ0v) is 17.3. The van der Waals surface area contributed by atoms with Gasteiger partial charge in [-0.2, -0.15) is 8.78 Å². The number of hydrogen-bond acceptors (Lipinski definition) is 5. The maximum atomic E-state index is 12.4. The van der Waals surface area contributed by atoms with E-state index in [0.29, 0.717) is 37.9 Å². The van der Waals surface area contributed by atoms with Crippen LogP contribution in [0.1, 0.15) is 31.7 Å². The van der Waals surface area contributed by atoms with Gasteiger partial charge in [0.25, 0.3) is 0 Å². The third-order valence-electron chi connectivity index (χ3n) is 4.45. The number of ether oxygens (including phenoxy) is 2. The molecule has 1 aromatic carbocycles. The van der Waals surface area contributed by atoms with E-state index in [2.05, 4.69) is 9.46 Å². The summed E-state index contributed by atoms with van der Waals surface area (Å²) in [6.45, 7) is -0.247. The summed E-state index contributed by atoms with van der Waals surface area (Å²) in [5.41, 5.74) is 0.596. The van der Waals surface area contributed by atoms with Gasteiger partial charge in [-0.25, -0.2) is 13.1 Å². The molecule has 2 rings (SSSR count). The number of nitrogens with zero attached hydrogens (tertiary/aromatic N) is 1. The van der Waals surface area contributed by atoms with Crippen LogP contribution in [-0.2, 0) is 14.8 Å². The molecule has 0 aromatic heterocycles. The first-order valence-electron chi connectivity index (χ1n) is 9.34. The van der Waals surface area contributed by atoms with E-state index >= 15 is 0 Å². The molecule has 0 spiro atoms. The van der Waals surface area contributed by atoms with Crippen molar-refractivity contribution in [1.29, 1.82) is 0 Å². The molecule has 0 bridgehead atoms. The molecule has 7 nitrogen and oxygen atoms in total. The summed E-state index contributed by atoms with van der Waals surface area (Å²) in [4.78, 5) is 14.0. The molecule has 0 radical (unpaired) electrons. The molecule has 0 aliphatic carbocycles. The van der Waals surface area contributed by atoms with E-state index < -0.39 is 16.6 Å². The molecule has 1 aromatic rings. The number of sulfonamides is 1. The maximum absolute atomic E-state index is 12.4. The number of benzene rings is 1. The van der Waals surface area contributed by atoms with Gasteiger partial charge in [0.05, 0.1) is 12.9 Å². The number of halogens is 2. The highest BCUT2D eigenvalue weighted by Crippen LogP contribution is 2.29. The number of nitrogens with one attached hydrogen (secondary N) is 1. The molecule has 1 heterocycles. The van der Waals surface area contributed by atoms with Gasteiger partial charge in [-0.3, -0.25) is 4.79 Å². The van der Waals surface area contributed by atoms with E-state index in [4.69, 9.17) is 4.74 Å². The van der Waals surface area contributed by atoms with Crippen molar-refractivity contribution in [2.24, 2.45) is 0 Å². The molecule has 1 amide bonds. The first-order chi connectivity index (χ1) is 13.7. The molecular formula is C19H26F2N2O5S. The molecule has 0 unspecified atom stereocenters. The largest absolute Gasteiger partial charge is 0.493 e. The van der Waals surface area contributed by atoms with Crippen LogP contribution < -0.4 is 14.2 Å². The zero-order valence-electron chi connectivity index (χ0n) is 16.4. The van der Waals surface area contributed by atoms with Gasteiger partial charge >= 0.3 is 6.61 Å². The third kappa shape index (κ3) is 7.28. The van der Waals surface area contributed by atoms with E-state index in [1.165, 1.54) is 25.3 Å². The molecule has 0 saturated carbocycles. The van der Waals surface area contributed by atoms with Crippen molar-refractivity contribution in [2.45, 2.75) is 38.8 Å². The Kier molecular flexibility index (Phi) is 8.39. The predicted octanol–water partition coefficient (Wildman–Crippen LogP) is 2.63. The Morgan fingerprint density at radius 2 is 2.00 bits per heavy atom. The van der Waals surface area contributed by atoms with Gasteiger partial charge in [-0.05, 0) is 43.0 Å². The lowest BCUT2D eigenvalue weighted by Gasteiger charge is -2.31. The molecule has 1 N–H and O–H groups in total. The zero-order chi connectivity index (χ0) is 21.4. The van der Waals surface area contributed by atoms with Gasteiger partial charge in [0.1, 0.15) is 0 Å². The highest BCUT2D eigenvalue weighted by Gasteiger charge is 2.24. The molecule has 162 valence electrons. The molecule has 1 aliphatic heterocycles. The topological polar surface area (TPSA) is 84.9 Å². The first-order valence-corrected chi connectivity index (χ1v) is 11.0. The normalized spacial score (nSPS) is 15.8. The van der Waals surface area contributed by atoms with Gasteiger partial charge in [0.2, 0.25) is 15.9 Å². The van der Waals surface area contributed by atoms with Crippen LogP contribution in [0.15, 0.2) is 24.3 Å². The number of hydrogen-bond donors (Lipinski definition) is 1. The van der Waals surface area contributed by atoms with Crippen molar-refractivity contribution in [3.05, 3.63) is 29.8 Å². The summed E-state index contributed by atoms with van der Waals surface area (Å²) in [7, 11) is -1.93. The number of rotatable bonds is 9. The Balaban J connectivity index is 1.91. The molecular weight excluding hydrogens is 406 g/mol. The number of alkyl halides is 2. The van der Waals surface area contributed by atoms with Crippen LogP contribution in [0.4, 0.5) is 8.78 Å². The lowest BCUT2D eigenvalue weighted by Crippen LogP contribution is -2.46. The van der Waals surface area contributed by atoms with E-state index in [-0.39, 0.29) is 29.2 Å². The minimum Gasteiger partial charge on any atom is -0.493 e. The van der Waals surface area contributed by atoms with Crippen molar-refractivity contribution in [1.82, 2.24) is 9.62 Å². The fourth-order valence-corrected chi connectivity index (χ4v) is 4.45. The Morgan fingerprint density at radius 1 is 1.31 bits per heavy atom. The molecule has 10 heteroatoms. The molecule has 1 fully saturated rings. The van der Waals surface area contributed by atoms with E-state index in [1.54, 1.807) is 17.0 Å². The van der Waals surface area contributed by atoms with Crippen LogP contribution in [0.2, 0.25) is 0 Å². The number of piperidine rings is 1. The third-order valence-corrected chi connectivity index (χ3v) is 6.09. The minimum atomic E-state index is -3.27. The number of methoxy groups -OCH3 is 1. The van der Waals surface area contributed by atoms with Gasteiger partial charge in [-0.15, -0.1) is 0 Å². The standard InChI is InChI=1S/C19H26F2N2O5S/c1-3-12-29(25,26)22-15-8-10-23(11-9-15)18(24)7-5-14-4-6-16(28-19(20)21)17(13-14)27-2/h4-7,13,15,19,22H,3,8-12H2,1-2H3/b7-5+. The summed E-state index contributed by atoms with van der Waals surface area (Å²) in [5, 5.41) is 0. The Morgan fingerprint density at radius 3 is 2.59 bits per heavy atom. The highest BCUT2D eigenvalue weighted by molar-refractivity contribution is 7.89. The fraction of sp³-hybridized carbons (Fsp3) is 0.526. The van der Waals surface area contributed by atoms with E-state index in [0.717, 1.165) is 0 Å². The second-order valence-electron chi connectivity index (χ2n) is 6.66. The van der Waals surface area contributed by atoms with Crippen molar-refractivity contribution < 1.29 is 31.5 Å². The predicted molar refractivity (Wildman–Crippen MR) is 105 cm³/mol. The van der Waals surface area contributed by atoms with Crippen molar-refractivity contribution in [3.63, 3.8) is 0 Å². The van der Waals surface area contributed by atoms with Crippen LogP contribution in [0, 0.1) is 0 Å². The highest BCUT2D eigenvalue weighted by atomic mass is 32.2. The second-order valence-corrected chi connectivity index (χ2v) is 8.53. The monoisotopic (exact) mass is 432 g/mol. The van der Waals surface area contributed by atoms with Gasteiger partial charge in [0, 0.05) is 25.2 Å². The summed E-state index contributed by atoms with van der Waals surface area (Å²) in [5.74, 6) is -0.0511. The summed E-state index contributed by atoms with van der Waals surface area (Å²) in [6, 6.07) is 4.23. The van der Waals surface area contributed by atoms with Crippen LogP contribution in [0.3, 0.4) is 0 Å². The van der Waals surface area contributed by atoms with Crippen molar-refractivity contribution in [3.8, 4) is 11.5 Å². The average molecular weight is 432 g/mol. The number of carbonyl (C=O) groups excluding carboxylic acids is 1. The van der Waals surface area contributed by atoms with Gasteiger partial charge in [-0.1, -0.05) is 13.0 Å². The molecule has 1 aliphatic rings. The lowest BCUT2D eigenvalue weighted by molar-refractivity contribution is -0.126. The van der Waals surface area contributed by atoms with E-state index in [9.17, 15) is 22.0 Å². The number of likely N-dealkylation sites (tertiary alicyclic amines) is 1. The maximum Gasteiger partial charge on any atom is 0.387 e. The van der Waals surface area contributed by atoms with Gasteiger partial charge < -0.3 is 14.4 Å². The summed E-state index contributed by atoms with van der Waals surface area (Å²) >= 11 is 0. The van der Waals surface area contributed by atoms with Gasteiger partial charge in [0.15, 0.2) is 11.5 Å². The molecule has 1 saturated heterocycles. The molecule has 0 atom stereocenters. The first kappa shape index (κ1) is 23.1. The van der Waals surface area contributed by atoms with E-state index in [1.807, 2.05) is 6.92 Å². The summed E-state index contributed by atoms with van der Waals surface area (Å²) < 4.78 is 60.5. The Labute approximate surface area is 169 Å². The van der Waals surface area contributed by atoms with Crippen molar-refractivity contribution >= 4 is 22.0 Å². The average Bonchev–Trinajstić information content (AvgIpc) is 2.66. The Bertz CT molecular complexity index is 822. The Hall–Kier alpha value is -2.20. The SMILES string of the molecule is CCCS(=O)(=O)NC1CCN(C(=O)/C=C/c2ccc(OC(F)F)c(OC)c2)CC1. The second kappa shape index (κ2) is 10.5. The van der Waals surface area contributed by atoms with Crippen LogP contribution in [0.25, 0.3) is 6.08 Å². The fourth-order valence-electron chi connectivity index (χ4n) is 3.05.